The molecule has 0 saturated carbocycles. The highest BCUT2D eigenvalue weighted by Crippen LogP contribution is 2.26. The minimum atomic E-state index is 0. The van der Waals surface area contributed by atoms with Crippen LogP contribution in [0.15, 0.2) is 72.9 Å². The summed E-state index contributed by atoms with van der Waals surface area (Å²) in [6.07, 6.45) is 2.56. The van der Waals surface area contributed by atoms with E-state index in [-0.39, 0.29) is 12.4 Å². The molecule has 4 nitrogen and oxygen atoms in total. The number of rotatable bonds is 5. The van der Waals surface area contributed by atoms with Crippen LogP contribution >= 0.6 is 11.6 Å². The van der Waals surface area contributed by atoms with Crippen LogP contribution in [0, 0.1) is 0 Å². The van der Waals surface area contributed by atoms with Crippen LogP contribution in [-0.4, -0.2) is 10.2 Å². The van der Waals surface area contributed by atoms with Crippen LogP contribution in [0.25, 0.3) is 10.8 Å². The number of nitrogens with zero attached hydrogens (tertiary/aromatic N) is 2. The van der Waals surface area contributed by atoms with Gasteiger partial charge in [0.2, 0.25) is 11.6 Å². The number of H-pyrrole nitrogens is 1. The average molecular weight is 398 g/mol. The minimum absolute atomic E-state index is 0. The van der Waals surface area contributed by atoms with Crippen molar-refractivity contribution < 1.29 is 22.1 Å². The molecule has 27 heavy (non-hydrogen) atoms. The lowest BCUT2D eigenvalue weighted by Gasteiger charge is -2.09. The second-order valence-corrected chi connectivity index (χ2v) is 6.41. The van der Waals surface area contributed by atoms with E-state index in [1.165, 1.54) is 0 Å². The van der Waals surface area contributed by atoms with E-state index in [9.17, 15) is 0 Å². The highest BCUT2D eigenvalue weighted by Gasteiger charge is 2.12. The average Bonchev–Trinajstić information content (AvgIpc) is 2.70. The van der Waals surface area contributed by atoms with Gasteiger partial charge in [-0.1, -0.05) is 41.9 Å². The van der Waals surface area contributed by atoms with Gasteiger partial charge < -0.3 is 17.1 Å². The van der Waals surface area contributed by atoms with Crippen molar-refractivity contribution in [3.05, 3.63) is 94.9 Å². The Morgan fingerprint density at radius 3 is 2.33 bits per heavy atom. The molecule has 0 radical (unpaired) electrons. The van der Waals surface area contributed by atoms with Gasteiger partial charge in [-0.2, -0.15) is 5.10 Å². The minimum Gasteiger partial charge on any atom is -1.00 e. The van der Waals surface area contributed by atoms with E-state index in [0.29, 0.717) is 18.9 Å². The molecule has 4 aromatic rings. The van der Waals surface area contributed by atoms with E-state index in [1.54, 1.807) is 0 Å². The second kappa shape index (κ2) is 8.80. The number of hydrogen-bond acceptors (Lipinski definition) is 3. The van der Waals surface area contributed by atoms with Gasteiger partial charge >= 0.3 is 0 Å². The molecule has 0 bridgehead atoms. The molecule has 2 aromatic heterocycles. The molecule has 1 N–H and O–H groups in total. The van der Waals surface area contributed by atoms with Crippen molar-refractivity contribution in [1.29, 1.82) is 0 Å². The molecule has 0 amide bonds. The predicted octanol–water partition coefficient (Wildman–Crippen LogP) is 1.27. The fourth-order valence-corrected chi connectivity index (χ4v) is 2.96. The molecule has 2 aromatic carbocycles. The third-order valence-corrected chi connectivity index (χ3v) is 4.40. The van der Waals surface area contributed by atoms with Crippen LogP contribution < -0.4 is 22.1 Å². The number of aromatic nitrogens is 3. The molecule has 0 aliphatic carbocycles. The molecule has 6 heteroatoms. The Bertz CT molecular complexity index is 1020. The zero-order chi connectivity index (χ0) is 17.8. The Hall–Kier alpha value is -2.69. The zero-order valence-electron chi connectivity index (χ0n) is 14.4. The van der Waals surface area contributed by atoms with Gasteiger partial charge in [-0.05, 0) is 29.8 Å². The van der Waals surface area contributed by atoms with Gasteiger partial charge in [0.15, 0.2) is 12.8 Å². The Morgan fingerprint density at radius 1 is 0.852 bits per heavy atom. The molecular weight excluding hydrogens is 381 g/mol. The summed E-state index contributed by atoms with van der Waals surface area (Å²) in [6.45, 7) is 0.413. The Morgan fingerprint density at radius 2 is 1.59 bits per heavy atom. The first-order chi connectivity index (χ1) is 12.8. The van der Waals surface area contributed by atoms with Crippen molar-refractivity contribution in [3.8, 4) is 5.88 Å². The third-order valence-electron chi connectivity index (χ3n) is 4.15. The lowest BCUT2D eigenvalue weighted by Crippen LogP contribution is -3.00. The second-order valence-electron chi connectivity index (χ2n) is 5.98. The number of hydrogen-bond donors (Lipinski definition) is 0. The summed E-state index contributed by atoms with van der Waals surface area (Å²) in [6, 6.07) is 21.7. The number of nitrogens with one attached hydrogen (secondary N) is 1. The maximum Gasteiger partial charge on any atom is 0.241 e. The molecule has 4 rings (SSSR count). The monoisotopic (exact) mass is 397 g/mol. The molecule has 2 heterocycles. The third kappa shape index (κ3) is 4.54. The molecule has 0 spiro atoms. The van der Waals surface area contributed by atoms with Crippen molar-refractivity contribution in [2.75, 3.05) is 0 Å². The van der Waals surface area contributed by atoms with Crippen molar-refractivity contribution in [3.63, 3.8) is 0 Å². The maximum atomic E-state index is 5.97. The standard InChI is InChI=1S/C21H16ClN3O.ClH/c22-16-10-8-15(9-11-16)13-20-18-6-1-2-7-19(18)21(25-24-20)26-14-17-5-3-4-12-23-17;/h1-12H,13-14H2;1H. The van der Waals surface area contributed by atoms with E-state index < -0.39 is 0 Å². The fraction of sp³-hybridized carbons (Fsp3) is 0.0952. The van der Waals surface area contributed by atoms with Gasteiger partial charge in [0.25, 0.3) is 0 Å². The van der Waals surface area contributed by atoms with E-state index in [4.69, 9.17) is 16.3 Å². The first-order valence-electron chi connectivity index (χ1n) is 8.37. The fourth-order valence-electron chi connectivity index (χ4n) is 2.83. The molecule has 0 aliphatic heterocycles. The zero-order valence-corrected chi connectivity index (χ0v) is 15.9. The van der Waals surface area contributed by atoms with Gasteiger partial charge in [0.05, 0.1) is 5.69 Å². The molecule has 136 valence electrons. The summed E-state index contributed by atoms with van der Waals surface area (Å²) in [5.41, 5.74) is 3.03. The number of benzene rings is 2. The van der Waals surface area contributed by atoms with Gasteiger partial charge in [0.1, 0.15) is 0 Å². The first-order valence-corrected chi connectivity index (χ1v) is 8.74. The predicted molar refractivity (Wildman–Crippen MR) is 101 cm³/mol. The van der Waals surface area contributed by atoms with Crippen LogP contribution in [0.2, 0.25) is 5.02 Å². The molecular formula is C21H17Cl2N3O. The molecule has 0 saturated heterocycles. The molecule has 0 atom stereocenters. The summed E-state index contributed by atoms with van der Waals surface area (Å²) in [5, 5.41) is 11.5. The van der Waals surface area contributed by atoms with Gasteiger partial charge in [-0.3, -0.25) is 0 Å². The highest BCUT2D eigenvalue weighted by molar-refractivity contribution is 6.30. The van der Waals surface area contributed by atoms with Crippen molar-refractivity contribution in [2.45, 2.75) is 13.0 Å². The number of aromatic amines is 1. The quantitative estimate of drug-likeness (QED) is 0.509. The molecule has 0 fully saturated rings. The first kappa shape index (κ1) is 19.1. The van der Waals surface area contributed by atoms with E-state index in [1.807, 2.05) is 66.9 Å². The van der Waals surface area contributed by atoms with Crippen molar-refractivity contribution >= 4 is 22.4 Å². The van der Waals surface area contributed by atoms with Crippen molar-refractivity contribution in [1.82, 2.24) is 10.2 Å². The normalized spacial score (nSPS) is 10.4. The van der Waals surface area contributed by atoms with Gasteiger partial charge in [0, 0.05) is 34.3 Å². The van der Waals surface area contributed by atoms with E-state index in [0.717, 1.165) is 32.7 Å². The van der Waals surface area contributed by atoms with Crippen LogP contribution in [0.1, 0.15) is 17.0 Å². The number of halogens is 2. The van der Waals surface area contributed by atoms with Crippen LogP contribution in [0.5, 0.6) is 5.88 Å². The highest BCUT2D eigenvalue weighted by atomic mass is 35.5. The van der Waals surface area contributed by atoms with Crippen LogP contribution in [0.4, 0.5) is 0 Å². The SMILES string of the molecule is Clc1ccc(Cc2nnc(OCc3cccc[nH+]3)c3ccccc23)cc1.[Cl-]. The number of fused-ring (bicyclic) bond motifs is 1. The Balaban J connectivity index is 0.00000210. The lowest BCUT2D eigenvalue weighted by molar-refractivity contribution is -0.394. The van der Waals surface area contributed by atoms with Crippen LogP contribution in [-0.2, 0) is 13.0 Å². The van der Waals surface area contributed by atoms with E-state index in [2.05, 4.69) is 21.2 Å². The van der Waals surface area contributed by atoms with E-state index >= 15 is 0 Å². The summed E-state index contributed by atoms with van der Waals surface area (Å²) in [7, 11) is 0. The van der Waals surface area contributed by atoms with Crippen LogP contribution in [0.3, 0.4) is 0 Å². The van der Waals surface area contributed by atoms with Gasteiger partial charge in [-0.25, -0.2) is 4.98 Å². The largest absolute Gasteiger partial charge is 1.00 e. The number of ether oxygens (including phenoxy) is 1. The Labute approximate surface area is 168 Å². The van der Waals surface area contributed by atoms with Crippen molar-refractivity contribution in [2.24, 2.45) is 0 Å². The molecule has 0 aliphatic rings. The Kier molecular flexibility index (Phi) is 6.22. The maximum absolute atomic E-state index is 5.97. The topological polar surface area (TPSA) is 49.2 Å². The summed E-state index contributed by atoms with van der Waals surface area (Å²) >= 11 is 5.97. The van der Waals surface area contributed by atoms with Gasteiger partial charge in [-0.15, -0.1) is 5.10 Å². The summed E-state index contributed by atoms with van der Waals surface area (Å²) < 4.78 is 5.90. The smallest absolute Gasteiger partial charge is 0.241 e. The lowest BCUT2D eigenvalue weighted by atomic mass is 10.0. The summed E-state index contributed by atoms with van der Waals surface area (Å²) in [4.78, 5) is 3.15. The number of pyridine rings is 1. The molecule has 0 unspecified atom stereocenters. The summed E-state index contributed by atoms with van der Waals surface area (Å²) in [5.74, 6) is 0.540.